The molecule has 0 radical (unpaired) electrons. The molecule has 2 heterocycles. The summed E-state index contributed by atoms with van der Waals surface area (Å²) in [6.07, 6.45) is 3.16. The third kappa shape index (κ3) is 2.56. The highest BCUT2D eigenvalue weighted by Gasteiger charge is 2.09. The minimum atomic E-state index is -0.162. The summed E-state index contributed by atoms with van der Waals surface area (Å²) >= 11 is 0. The first-order valence-corrected chi connectivity index (χ1v) is 7.88. The molecule has 0 aliphatic rings. The van der Waals surface area contributed by atoms with Crippen LogP contribution in [0.5, 0.6) is 0 Å². The van der Waals surface area contributed by atoms with Crippen LogP contribution in [0.4, 0.5) is 10.2 Å². The number of aromatic nitrogens is 2. The molecule has 0 fully saturated rings. The number of nitrogens with zero attached hydrogens (tertiary/aromatic N) is 2. The maximum Gasteiger partial charge on any atom is 0.150 e. The second-order valence-electron chi connectivity index (χ2n) is 5.85. The summed E-state index contributed by atoms with van der Waals surface area (Å²) < 4.78 is 13.8. The number of hydrogen-bond acceptors (Lipinski definition) is 3. The second-order valence-corrected chi connectivity index (χ2v) is 5.85. The van der Waals surface area contributed by atoms with Crippen LogP contribution < -0.4 is 5.73 Å². The number of halogens is 1. The van der Waals surface area contributed by atoms with Gasteiger partial charge in [-0.2, -0.15) is 0 Å². The fourth-order valence-electron chi connectivity index (χ4n) is 3.02. The molecule has 0 atom stereocenters. The van der Waals surface area contributed by atoms with Crippen molar-refractivity contribution in [1.29, 1.82) is 0 Å². The van der Waals surface area contributed by atoms with Gasteiger partial charge in [0, 0.05) is 17.0 Å². The third-order valence-corrected chi connectivity index (χ3v) is 4.26. The van der Waals surface area contributed by atoms with Crippen LogP contribution in [0, 0.1) is 5.82 Å². The molecule has 0 spiro atoms. The van der Waals surface area contributed by atoms with Gasteiger partial charge in [-0.3, -0.25) is 4.98 Å². The van der Waals surface area contributed by atoms with Gasteiger partial charge in [-0.25, -0.2) is 9.37 Å². The SMILES string of the molecule is Nc1nc2ccccc2c2cc(CCc3ccccc3F)cnc12. The average Bonchev–Trinajstić information content (AvgIpc) is 2.61. The van der Waals surface area contributed by atoms with Crippen LogP contribution in [0.1, 0.15) is 11.1 Å². The molecular formula is C20H16FN3. The molecule has 2 aromatic carbocycles. The lowest BCUT2D eigenvalue weighted by molar-refractivity contribution is 0.608. The van der Waals surface area contributed by atoms with Gasteiger partial charge in [-0.1, -0.05) is 36.4 Å². The number of benzene rings is 2. The van der Waals surface area contributed by atoms with Gasteiger partial charge in [0.15, 0.2) is 5.82 Å². The molecular weight excluding hydrogens is 301 g/mol. The van der Waals surface area contributed by atoms with Crippen molar-refractivity contribution in [2.24, 2.45) is 0 Å². The fraction of sp³-hybridized carbons (Fsp3) is 0.100. The number of nitrogens with two attached hydrogens (primary N) is 1. The Balaban J connectivity index is 1.75. The highest BCUT2D eigenvalue weighted by Crippen LogP contribution is 2.27. The zero-order valence-electron chi connectivity index (χ0n) is 13.0. The van der Waals surface area contributed by atoms with Gasteiger partial charge in [-0.15, -0.1) is 0 Å². The second kappa shape index (κ2) is 5.89. The molecule has 4 heteroatoms. The molecule has 2 N–H and O–H groups in total. The standard InChI is InChI=1S/C20H16FN3/c21-17-7-3-1-5-14(17)10-9-13-11-16-15-6-2-4-8-18(15)24-20(22)19(16)23-12-13/h1-8,11-12H,9-10H2,(H2,22,24). The summed E-state index contributed by atoms with van der Waals surface area (Å²) in [6, 6.07) is 16.8. The molecule has 24 heavy (non-hydrogen) atoms. The van der Waals surface area contributed by atoms with E-state index in [0.717, 1.165) is 33.8 Å². The molecule has 0 saturated carbocycles. The predicted molar refractivity (Wildman–Crippen MR) is 95.3 cm³/mol. The first kappa shape index (κ1) is 14.6. The smallest absolute Gasteiger partial charge is 0.150 e. The van der Waals surface area contributed by atoms with E-state index in [1.54, 1.807) is 12.3 Å². The van der Waals surface area contributed by atoms with E-state index in [1.807, 2.05) is 36.4 Å². The topological polar surface area (TPSA) is 51.8 Å². The quantitative estimate of drug-likeness (QED) is 0.573. The van der Waals surface area contributed by atoms with Gasteiger partial charge in [-0.05, 0) is 42.2 Å². The molecule has 0 bridgehead atoms. The van der Waals surface area contributed by atoms with Gasteiger partial charge in [0.1, 0.15) is 11.3 Å². The van der Waals surface area contributed by atoms with Crippen molar-refractivity contribution in [2.75, 3.05) is 5.73 Å². The van der Waals surface area contributed by atoms with E-state index in [9.17, 15) is 4.39 Å². The van der Waals surface area contributed by atoms with E-state index >= 15 is 0 Å². The number of hydrogen-bond donors (Lipinski definition) is 1. The number of nitrogen functional groups attached to an aromatic ring is 1. The van der Waals surface area contributed by atoms with Crippen molar-refractivity contribution < 1.29 is 4.39 Å². The Morgan fingerprint density at radius 1 is 0.917 bits per heavy atom. The maximum absolute atomic E-state index is 13.8. The molecule has 0 aliphatic heterocycles. The van der Waals surface area contributed by atoms with Gasteiger partial charge >= 0.3 is 0 Å². The lowest BCUT2D eigenvalue weighted by atomic mass is 10.0. The monoisotopic (exact) mass is 317 g/mol. The van der Waals surface area contributed by atoms with Crippen LogP contribution in [0.3, 0.4) is 0 Å². The Morgan fingerprint density at radius 2 is 1.71 bits per heavy atom. The van der Waals surface area contributed by atoms with E-state index in [-0.39, 0.29) is 5.82 Å². The first-order valence-electron chi connectivity index (χ1n) is 7.88. The van der Waals surface area contributed by atoms with Crippen LogP contribution in [0.25, 0.3) is 21.8 Å². The Kier molecular flexibility index (Phi) is 3.58. The minimum Gasteiger partial charge on any atom is -0.382 e. The van der Waals surface area contributed by atoms with Crippen molar-refractivity contribution in [3.63, 3.8) is 0 Å². The van der Waals surface area contributed by atoms with E-state index in [1.165, 1.54) is 6.07 Å². The molecule has 4 aromatic rings. The Labute approximate surface area is 139 Å². The number of aryl methyl sites for hydroxylation is 2. The molecule has 0 unspecified atom stereocenters. The number of fused-ring (bicyclic) bond motifs is 3. The Hall–Kier alpha value is -3.01. The van der Waals surface area contributed by atoms with Gasteiger partial charge in [0.2, 0.25) is 0 Å². The van der Waals surface area contributed by atoms with Crippen molar-refractivity contribution in [2.45, 2.75) is 12.8 Å². The van der Waals surface area contributed by atoms with Crippen molar-refractivity contribution in [1.82, 2.24) is 9.97 Å². The van der Waals surface area contributed by atoms with Crippen LogP contribution in [0.2, 0.25) is 0 Å². The van der Waals surface area contributed by atoms with Crippen LogP contribution in [0.15, 0.2) is 60.8 Å². The zero-order valence-corrected chi connectivity index (χ0v) is 13.0. The molecule has 0 aliphatic carbocycles. The summed E-state index contributed by atoms with van der Waals surface area (Å²) in [5.74, 6) is 0.273. The van der Waals surface area contributed by atoms with Crippen molar-refractivity contribution in [3.8, 4) is 0 Å². The summed E-state index contributed by atoms with van der Waals surface area (Å²) in [7, 11) is 0. The average molecular weight is 317 g/mol. The summed E-state index contributed by atoms with van der Waals surface area (Å²) in [5, 5.41) is 2.02. The van der Waals surface area contributed by atoms with Crippen LogP contribution >= 0.6 is 0 Å². The number of anilines is 1. The zero-order chi connectivity index (χ0) is 16.5. The Bertz CT molecular complexity index is 1040. The molecule has 0 saturated heterocycles. The fourth-order valence-corrected chi connectivity index (χ4v) is 3.02. The number of para-hydroxylation sites is 1. The van der Waals surface area contributed by atoms with Gasteiger partial charge < -0.3 is 5.73 Å². The Morgan fingerprint density at radius 3 is 2.58 bits per heavy atom. The highest BCUT2D eigenvalue weighted by molar-refractivity contribution is 6.08. The van der Waals surface area contributed by atoms with Gasteiger partial charge in [0.05, 0.1) is 5.52 Å². The lowest BCUT2D eigenvalue weighted by Crippen LogP contribution is -1.98. The summed E-state index contributed by atoms with van der Waals surface area (Å²) in [6.45, 7) is 0. The van der Waals surface area contributed by atoms with E-state index in [2.05, 4.69) is 16.0 Å². The number of pyridine rings is 2. The normalized spacial score (nSPS) is 11.2. The van der Waals surface area contributed by atoms with Crippen molar-refractivity contribution >= 4 is 27.6 Å². The predicted octanol–water partition coefficient (Wildman–Crippen LogP) is 4.29. The van der Waals surface area contributed by atoms with Crippen LogP contribution in [-0.2, 0) is 12.8 Å². The molecule has 118 valence electrons. The third-order valence-electron chi connectivity index (χ3n) is 4.26. The minimum absolute atomic E-state index is 0.162. The highest BCUT2D eigenvalue weighted by atomic mass is 19.1. The van der Waals surface area contributed by atoms with Gasteiger partial charge in [0.25, 0.3) is 0 Å². The molecule has 4 rings (SSSR count). The van der Waals surface area contributed by atoms with E-state index in [4.69, 9.17) is 5.73 Å². The molecule has 3 nitrogen and oxygen atoms in total. The molecule has 0 amide bonds. The summed E-state index contributed by atoms with van der Waals surface area (Å²) in [4.78, 5) is 8.89. The lowest BCUT2D eigenvalue weighted by Gasteiger charge is -2.08. The van der Waals surface area contributed by atoms with E-state index < -0.39 is 0 Å². The van der Waals surface area contributed by atoms with Crippen LogP contribution in [-0.4, -0.2) is 9.97 Å². The largest absolute Gasteiger partial charge is 0.382 e. The first-order chi connectivity index (χ1) is 11.7. The number of rotatable bonds is 3. The van der Waals surface area contributed by atoms with Crippen molar-refractivity contribution in [3.05, 3.63) is 77.7 Å². The summed E-state index contributed by atoms with van der Waals surface area (Å²) in [5.41, 5.74) is 9.38. The maximum atomic E-state index is 13.8. The van der Waals surface area contributed by atoms with E-state index in [0.29, 0.717) is 17.8 Å². The molecule has 2 aromatic heterocycles.